The molecule has 21 heavy (non-hydrogen) atoms. The van der Waals surface area contributed by atoms with Crippen molar-refractivity contribution in [2.24, 2.45) is 0 Å². The summed E-state index contributed by atoms with van der Waals surface area (Å²) in [6.07, 6.45) is 3.12. The van der Waals surface area contributed by atoms with Crippen LogP contribution >= 0.6 is 0 Å². The molecule has 0 radical (unpaired) electrons. The van der Waals surface area contributed by atoms with Crippen molar-refractivity contribution in [3.8, 4) is 5.75 Å². The molecule has 0 atom stereocenters. The fraction of sp³-hybridized carbons (Fsp3) is 0.588. The summed E-state index contributed by atoms with van der Waals surface area (Å²) >= 11 is 0. The molecular weight excluding hydrogens is 268 g/mol. The Morgan fingerprint density at radius 2 is 1.86 bits per heavy atom. The molecule has 0 aromatic heterocycles. The first-order chi connectivity index (χ1) is 10.3. The minimum atomic E-state index is -0.131. The lowest BCUT2D eigenvalue weighted by molar-refractivity contribution is -0.143. The van der Waals surface area contributed by atoms with E-state index >= 15 is 0 Å². The lowest BCUT2D eigenvalue weighted by Gasteiger charge is -2.09. The summed E-state index contributed by atoms with van der Waals surface area (Å²) < 4.78 is 10.5. The van der Waals surface area contributed by atoms with Crippen molar-refractivity contribution in [1.29, 1.82) is 0 Å². The number of ether oxygens (including phenoxy) is 2. The monoisotopic (exact) mass is 296 g/mol. The second kappa shape index (κ2) is 13.4. The molecule has 0 aliphatic rings. The molecule has 0 amide bonds. The number of carbonyl (C=O) groups excluding carboxylic acids is 1. The molecule has 120 valence electrons. The normalized spacial score (nSPS) is 9.52. The van der Waals surface area contributed by atoms with E-state index in [1.54, 1.807) is 0 Å². The zero-order valence-corrected chi connectivity index (χ0v) is 13.4. The quantitative estimate of drug-likeness (QED) is 0.557. The predicted octanol–water partition coefficient (Wildman–Crippen LogP) is 3.71. The van der Waals surface area contributed by atoms with Gasteiger partial charge < -0.3 is 14.6 Å². The summed E-state index contributed by atoms with van der Waals surface area (Å²) in [6.45, 7) is 6.84. The summed E-state index contributed by atoms with van der Waals surface area (Å²) in [5.74, 6) is 0.601. The first-order valence-corrected chi connectivity index (χ1v) is 7.75. The van der Waals surface area contributed by atoms with Gasteiger partial charge >= 0.3 is 5.97 Å². The van der Waals surface area contributed by atoms with Gasteiger partial charge in [0.15, 0.2) is 0 Å². The van der Waals surface area contributed by atoms with Gasteiger partial charge in [-0.05, 0) is 32.3 Å². The molecule has 4 nitrogen and oxygen atoms in total. The number of aliphatic hydroxyl groups is 1. The largest absolute Gasteiger partial charge is 0.493 e. The van der Waals surface area contributed by atoms with Crippen molar-refractivity contribution >= 4 is 5.97 Å². The van der Waals surface area contributed by atoms with Crippen LogP contribution in [0.4, 0.5) is 0 Å². The number of rotatable bonds is 9. The number of aliphatic hydroxyl groups excluding tert-OH is 1. The molecule has 0 aliphatic carbocycles. The van der Waals surface area contributed by atoms with Gasteiger partial charge in [-0.1, -0.05) is 32.0 Å². The van der Waals surface area contributed by atoms with Crippen LogP contribution < -0.4 is 4.74 Å². The highest BCUT2D eigenvalue weighted by Gasteiger charge is 2.02. The Bertz CT molecular complexity index is 377. The number of unbranched alkanes of at least 4 members (excludes halogenated alkanes) is 2. The zero-order chi connectivity index (χ0) is 15.9. The van der Waals surface area contributed by atoms with Crippen molar-refractivity contribution < 1.29 is 19.4 Å². The smallest absolute Gasteiger partial charge is 0.305 e. The molecule has 1 N–H and O–H groups in total. The van der Waals surface area contributed by atoms with Crippen LogP contribution in [0.1, 0.15) is 52.0 Å². The molecule has 0 bridgehead atoms. The zero-order valence-electron chi connectivity index (χ0n) is 13.4. The van der Waals surface area contributed by atoms with Gasteiger partial charge in [-0.2, -0.15) is 0 Å². The fourth-order valence-electron chi connectivity index (χ4n) is 1.74. The van der Waals surface area contributed by atoms with Crippen molar-refractivity contribution in [1.82, 2.24) is 0 Å². The Morgan fingerprint density at radius 1 is 1.14 bits per heavy atom. The minimum absolute atomic E-state index is 0.0148. The van der Waals surface area contributed by atoms with Crippen LogP contribution in [-0.4, -0.2) is 24.3 Å². The molecule has 1 aromatic rings. The summed E-state index contributed by atoms with van der Waals surface area (Å²) in [5.41, 5.74) is 0.800. The van der Waals surface area contributed by atoms with Crippen LogP contribution in [-0.2, 0) is 16.1 Å². The first kappa shape index (κ1) is 19.4. The number of hydrogen-bond donors (Lipinski definition) is 1. The Hall–Kier alpha value is -1.55. The van der Waals surface area contributed by atoms with Crippen LogP contribution in [0.3, 0.4) is 0 Å². The molecule has 0 heterocycles. The van der Waals surface area contributed by atoms with Gasteiger partial charge in [0, 0.05) is 12.0 Å². The lowest BCUT2D eigenvalue weighted by Crippen LogP contribution is -2.04. The standard InChI is InChI=1S/C15H22O4.C2H6/c1-2-18-15(17)10-4-3-7-11-19-14-9-6-5-8-13(14)12-16;1-2/h5-6,8-9,16H,2-4,7,10-12H2,1H3;1-2H3. The van der Waals surface area contributed by atoms with Crippen LogP contribution in [0.15, 0.2) is 24.3 Å². The lowest BCUT2D eigenvalue weighted by atomic mass is 10.2. The number of para-hydroxylation sites is 1. The van der Waals surface area contributed by atoms with Gasteiger partial charge in [0.2, 0.25) is 0 Å². The number of carbonyl (C=O) groups is 1. The molecule has 1 aromatic carbocycles. The van der Waals surface area contributed by atoms with Crippen LogP contribution in [0.25, 0.3) is 0 Å². The van der Waals surface area contributed by atoms with E-state index in [9.17, 15) is 4.79 Å². The van der Waals surface area contributed by atoms with E-state index in [-0.39, 0.29) is 12.6 Å². The summed E-state index contributed by atoms with van der Waals surface area (Å²) in [7, 11) is 0. The third-order valence-corrected chi connectivity index (χ3v) is 2.73. The van der Waals surface area contributed by atoms with Gasteiger partial charge in [0.1, 0.15) is 5.75 Å². The van der Waals surface area contributed by atoms with Gasteiger partial charge in [-0.3, -0.25) is 4.79 Å². The first-order valence-electron chi connectivity index (χ1n) is 7.75. The summed E-state index contributed by atoms with van der Waals surface area (Å²) in [6, 6.07) is 7.45. The highest BCUT2D eigenvalue weighted by Crippen LogP contribution is 2.18. The Balaban J connectivity index is 0.00000191. The third-order valence-electron chi connectivity index (χ3n) is 2.73. The van der Waals surface area contributed by atoms with E-state index in [1.807, 2.05) is 45.0 Å². The molecule has 1 rings (SSSR count). The maximum atomic E-state index is 11.1. The van der Waals surface area contributed by atoms with Crippen molar-refractivity contribution in [2.75, 3.05) is 13.2 Å². The minimum Gasteiger partial charge on any atom is -0.493 e. The van der Waals surface area contributed by atoms with Crippen molar-refractivity contribution in [3.63, 3.8) is 0 Å². The molecule has 0 spiro atoms. The van der Waals surface area contributed by atoms with Gasteiger partial charge in [0.05, 0.1) is 19.8 Å². The van der Waals surface area contributed by atoms with Gasteiger partial charge in [0.25, 0.3) is 0 Å². The highest BCUT2D eigenvalue weighted by atomic mass is 16.5. The van der Waals surface area contributed by atoms with E-state index in [2.05, 4.69) is 0 Å². The molecule has 0 saturated heterocycles. The van der Waals surface area contributed by atoms with E-state index < -0.39 is 0 Å². The topological polar surface area (TPSA) is 55.8 Å². The average molecular weight is 296 g/mol. The van der Waals surface area contributed by atoms with Gasteiger partial charge in [-0.15, -0.1) is 0 Å². The molecule has 0 fully saturated rings. The van der Waals surface area contributed by atoms with Crippen molar-refractivity contribution in [3.05, 3.63) is 29.8 Å². The summed E-state index contributed by atoms with van der Waals surface area (Å²) in [4.78, 5) is 11.1. The van der Waals surface area contributed by atoms with E-state index in [0.717, 1.165) is 30.6 Å². The molecule has 0 unspecified atom stereocenters. The van der Waals surface area contributed by atoms with Crippen molar-refractivity contribution in [2.45, 2.75) is 53.1 Å². The number of esters is 1. The second-order valence-electron chi connectivity index (χ2n) is 4.23. The van der Waals surface area contributed by atoms with Crippen LogP contribution in [0.5, 0.6) is 5.75 Å². The Kier molecular flexibility index (Phi) is 12.4. The molecule has 0 aliphatic heterocycles. The third kappa shape index (κ3) is 9.08. The fourth-order valence-corrected chi connectivity index (χ4v) is 1.74. The van der Waals surface area contributed by atoms with Crippen LogP contribution in [0.2, 0.25) is 0 Å². The predicted molar refractivity (Wildman–Crippen MR) is 84.3 cm³/mol. The molecular formula is C17H28O4. The van der Waals surface area contributed by atoms with Crippen LogP contribution in [0, 0.1) is 0 Å². The number of hydrogen-bond acceptors (Lipinski definition) is 4. The summed E-state index contributed by atoms with van der Waals surface area (Å²) in [5, 5.41) is 9.14. The maximum absolute atomic E-state index is 11.1. The van der Waals surface area contributed by atoms with E-state index in [0.29, 0.717) is 19.6 Å². The van der Waals surface area contributed by atoms with E-state index in [1.165, 1.54) is 0 Å². The van der Waals surface area contributed by atoms with Gasteiger partial charge in [-0.25, -0.2) is 0 Å². The maximum Gasteiger partial charge on any atom is 0.305 e. The molecule has 0 saturated carbocycles. The SMILES string of the molecule is CC.CCOC(=O)CCCCCOc1ccccc1CO. The Labute approximate surface area is 128 Å². The van der Waals surface area contributed by atoms with E-state index in [4.69, 9.17) is 14.6 Å². The average Bonchev–Trinajstić information content (AvgIpc) is 2.53. The Morgan fingerprint density at radius 3 is 2.52 bits per heavy atom. The highest BCUT2D eigenvalue weighted by molar-refractivity contribution is 5.69. The molecule has 4 heteroatoms. The second-order valence-corrected chi connectivity index (χ2v) is 4.23. The number of benzene rings is 1.